The van der Waals surface area contributed by atoms with Gasteiger partial charge in [0.15, 0.2) is 17.5 Å². The summed E-state index contributed by atoms with van der Waals surface area (Å²) in [6, 6.07) is 10.3. The van der Waals surface area contributed by atoms with Crippen LogP contribution in [0.5, 0.6) is 5.75 Å². The fourth-order valence-electron chi connectivity index (χ4n) is 3.04. The van der Waals surface area contributed by atoms with Crippen LogP contribution >= 0.6 is 11.6 Å². The maximum absolute atomic E-state index is 14.3. The maximum Gasteiger partial charge on any atom is 0.242 e. The predicted octanol–water partition coefficient (Wildman–Crippen LogP) is 3.81. The molecule has 0 radical (unpaired) electrons. The Morgan fingerprint density at radius 3 is 2.88 bits per heavy atom. The standard InChI is InChI=1S/C22H20ClFN6O2/c1-13(22(31)25-7-8-32-15-5-3-2-4-6-15)29-21-18(24)12-28-20(30-21)17-11-27-19-16(17)9-14(23)10-26-19/h2-6,9-13H,7-8H2,1H3,(H,25,31)(H,26,27)(H,28,29,30)/t13-/m0/s1. The number of para-hydroxylation sites is 1. The van der Waals surface area contributed by atoms with E-state index in [9.17, 15) is 9.18 Å². The van der Waals surface area contributed by atoms with E-state index in [1.54, 1.807) is 19.2 Å². The first-order valence-electron chi connectivity index (χ1n) is 9.89. The molecule has 0 aliphatic rings. The van der Waals surface area contributed by atoms with Crippen molar-refractivity contribution in [3.8, 4) is 17.1 Å². The molecule has 164 valence electrons. The number of nitrogens with one attached hydrogen (secondary N) is 3. The Hall–Kier alpha value is -3.72. The molecule has 1 atom stereocenters. The Morgan fingerprint density at radius 2 is 2.06 bits per heavy atom. The second kappa shape index (κ2) is 9.61. The molecule has 10 heteroatoms. The summed E-state index contributed by atoms with van der Waals surface area (Å²) in [5, 5.41) is 6.71. The highest BCUT2D eigenvalue weighted by atomic mass is 35.5. The van der Waals surface area contributed by atoms with Gasteiger partial charge in [-0.15, -0.1) is 0 Å². The first-order chi connectivity index (χ1) is 15.5. The number of ether oxygens (including phenoxy) is 1. The molecule has 3 aromatic heterocycles. The molecule has 0 aliphatic carbocycles. The van der Waals surface area contributed by atoms with Gasteiger partial charge >= 0.3 is 0 Å². The first-order valence-corrected chi connectivity index (χ1v) is 10.3. The fourth-order valence-corrected chi connectivity index (χ4v) is 3.20. The number of anilines is 1. The van der Waals surface area contributed by atoms with Crippen molar-refractivity contribution in [1.29, 1.82) is 0 Å². The third-order valence-electron chi connectivity index (χ3n) is 4.64. The molecular weight excluding hydrogens is 435 g/mol. The second-order valence-corrected chi connectivity index (χ2v) is 7.40. The molecule has 0 unspecified atom stereocenters. The van der Waals surface area contributed by atoms with Gasteiger partial charge in [0.2, 0.25) is 5.91 Å². The summed E-state index contributed by atoms with van der Waals surface area (Å²) in [5.74, 6) is -0.0750. The molecule has 3 N–H and O–H groups in total. The third kappa shape index (κ3) is 4.94. The lowest BCUT2D eigenvalue weighted by atomic mass is 10.2. The lowest BCUT2D eigenvalue weighted by Crippen LogP contribution is -2.39. The number of H-pyrrole nitrogens is 1. The molecule has 0 aliphatic heterocycles. The first kappa shape index (κ1) is 21.5. The molecule has 4 aromatic rings. The Kier molecular flexibility index (Phi) is 6.46. The van der Waals surface area contributed by atoms with Crippen molar-refractivity contribution in [3.63, 3.8) is 0 Å². The monoisotopic (exact) mass is 454 g/mol. The Bertz CT molecular complexity index is 1230. The van der Waals surface area contributed by atoms with E-state index >= 15 is 0 Å². The van der Waals surface area contributed by atoms with Gasteiger partial charge in [-0.25, -0.2) is 19.3 Å². The van der Waals surface area contributed by atoms with E-state index in [1.807, 2.05) is 30.3 Å². The van der Waals surface area contributed by atoms with E-state index in [0.29, 0.717) is 34.8 Å². The van der Waals surface area contributed by atoms with Crippen LogP contribution in [0.1, 0.15) is 6.92 Å². The van der Waals surface area contributed by atoms with Gasteiger partial charge in [-0.05, 0) is 25.1 Å². The molecule has 0 saturated heterocycles. The van der Waals surface area contributed by atoms with Crippen LogP contribution in [0.15, 0.2) is 55.0 Å². The number of rotatable bonds is 8. The number of aromatic amines is 1. The van der Waals surface area contributed by atoms with E-state index in [1.165, 1.54) is 6.20 Å². The Labute approximate surface area is 188 Å². The summed E-state index contributed by atoms with van der Waals surface area (Å²) in [5.41, 5.74) is 1.23. The quantitative estimate of drug-likeness (QED) is 0.350. The summed E-state index contributed by atoms with van der Waals surface area (Å²) in [7, 11) is 0. The lowest BCUT2D eigenvalue weighted by Gasteiger charge is -2.15. The molecule has 8 nitrogen and oxygen atoms in total. The minimum atomic E-state index is -0.733. The highest BCUT2D eigenvalue weighted by molar-refractivity contribution is 6.31. The van der Waals surface area contributed by atoms with Crippen LogP contribution in [0.2, 0.25) is 5.02 Å². The molecule has 3 heterocycles. The molecule has 1 amide bonds. The fraction of sp³-hybridized carbons (Fsp3) is 0.182. The SMILES string of the molecule is C[C@H](Nc1nc(-c2c[nH]c3ncc(Cl)cc23)ncc1F)C(=O)NCCOc1ccccc1. The minimum Gasteiger partial charge on any atom is -0.492 e. The number of carbonyl (C=O) groups excluding carboxylic acids is 1. The van der Waals surface area contributed by atoms with Crippen LogP contribution in [0.3, 0.4) is 0 Å². The lowest BCUT2D eigenvalue weighted by molar-refractivity contribution is -0.121. The topological polar surface area (TPSA) is 105 Å². The Morgan fingerprint density at radius 1 is 1.25 bits per heavy atom. The number of aromatic nitrogens is 4. The number of nitrogens with zero attached hydrogens (tertiary/aromatic N) is 3. The van der Waals surface area contributed by atoms with Crippen LogP contribution in [0, 0.1) is 5.82 Å². The van der Waals surface area contributed by atoms with Gasteiger partial charge in [-0.3, -0.25) is 4.79 Å². The van der Waals surface area contributed by atoms with Crippen molar-refractivity contribution in [3.05, 3.63) is 65.8 Å². The van der Waals surface area contributed by atoms with Crippen LogP contribution in [0.4, 0.5) is 10.2 Å². The van der Waals surface area contributed by atoms with Gasteiger partial charge in [0.25, 0.3) is 0 Å². The van der Waals surface area contributed by atoms with Gasteiger partial charge in [0, 0.05) is 23.3 Å². The summed E-state index contributed by atoms with van der Waals surface area (Å²) in [6.07, 6.45) is 4.25. The van der Waals surface area contributed by atoms with Gasteiger partial charge in [0.05, 0.1) is 17.8 Å². The maximum atomic E-state index is 14.3. The van der Waals surface area contributed by atoms with Crippen molar-refractivity contribution in [2.24, 2.45) is 0 Å². The summed E-state index contributed by atoms with van der Waals surface area (Å²) >= 11 is 6.04. The number of fused-ring (bicyclic) bond motifs is 1. The van der Waals surface area contributed by atoms with E-state index in [0.717, 1.165) is 11.9 Å². The number of pyridine rings is 1. The predicted molar refractivity (Wildman–Crippen MR) is 120 cm³/mol. The van der Waals surface area contributed by atoms with Gasteiger partial charge < -0.3 is 20.4 Å². The van der Waals surface area contributed by atoms with E-state index in [4.69, 9.17) is 16.3 Å². The molecular formula is C22H20ClFN6O2. The van der Waals surface area contributed by atoms with E-state index in [-0.39, 0.29) is 17.5 Å². The van der Waals surface area contributed by atoms with Crippen molar-refractivity contribution < 1.29 is 13.9 Å². The van der Waals surface area contributed by atoms with E-state index < -0.39 is 11.9 Å². The van der Waals surface area contributed by atoms with Gasteiger partial charge in [0.1, 0.15) is 24.0 Å². The highest BCUT2D eigenvalue weighted by Crippen LogP contribution is 2.28. The zero-order valence-electron chi connectivity index (χ0n) is 17.1. The molecule has 0 bridgehead atoms. The number of carbonyl (C=O) groups is 1. The molecule has 32 heavy (non-hydrogen) atoms. The van der Waals surface area contributed by atoms with Crippen LogP contribution < -0.4 is 15.4 Å². The molecule has 4 rings (SSSR count). The molecule has 0 saturated carbocycles. The normalized spacial score (nSPS) is 11.8. The van der Waals surface area contributed by atoms with Crippen LogP contribution in [0.25, 0.3) is 22.4 Å². The zero-order chi connectivity index (χ0) is 22.5. The Balaban J connectivity index is 1.40. The van der Waals surface area contributed by atoms with Crippen LogP contribution in [-0.4, -0.2) is 45.0 Å². The number of amides is 1. The zero-order valence-corrected chi connectivity index (χ0v) is 17.9. The van der Waals surface area contributed by atoms with Crippen LogP contribution in [-0.2, 0) is 4.79 Å². The average molecular weight is 455 g/mol. The number of benzene rings is 1. The minimum absolute atomic E-state index is 0.0810. The largest absolute Gasteiger partial charge is 0.492 e. The second-order valence-electron chi connectivity index (χ2n) is 6.96. The molecule has 1 aromatic carbocycles. The van der Waals surface area contributed by atoms with Gasteiger partial charge in [-0.2, -0.15) is 0 Å². The average Bonchev–Trinajstić information content (AvgIpc) is 3.21. The number of hydrogen-bond acceptors (Lipinski definition) is 6. The summed E-state index contributed by atoms with van der Waals surface area (Å²) < 4.78 is 19.9. The highest BCUT2D eigenvalue weighted by Gasteiger charge is 2.18. The molecule has 0 spiro atoms. The van der Waals surface area contributed by atoms with Crippen molar-refractivity contribution >= 4 is 34.4 Å². The van der Waals surface area contributed by atoms with Gasteiger partial charge in [-0.1, -0.05) is 29.8 Å². The summed E-state index contributed by atoms with van der Waals surface area (Å²) in [4.78, 5) is 27.9. The smallest absolute Gasteiger partial charge is 0.242 e. The van der Waals surface area contributed by atoms with Crippen molar-refractivity contribution in [1.82, 2.24) is 25.3 Å². The van der Waals surface area contributed by atoms with E-state index in [2.05, 4.69) is 30.6 Å². The third-order valence-corrected chi connectivity index (χ3v) is 4.85. The number of halogens is 2. The number of hydrogen-bond donors (Lipinski definition) is 3. The van der Waals surface area contributed by atoms with Crippen molar-refractivity contribution in [2.45, 2.75) is 13.0 Å². The van der Waals surface area contributed by atoms with Crippen molar-refractivity contribution in [2.75, 3.05) is 18.5 Å². The molecule has 0 fully saturated rings. The summed E-state index contributed by atoms with van der Waals surface area (Å²) in [6.45, 7) is 2.23.